The van der Waals surface area contributed by atoms with Crippen molar-refractivity contribution in [3.63, 3.8) is 0 Å². The molecule has 0 saturated heterocycles. The van der Waals surface area contributed by atoms with Gasteiger partial charge in [0.25, 0.3) is 0 Å². The van der Waals surface area contributed by atoms with Crippen molar-refractivity contribution >= 4 is 34.1 Å². The first kappa shape index (κ1) is 25.2. The minimum Gasteiger partial charge on any atom is -0.486 e. The molecule has 0 fully saturated rings. The zero-order valence-electron chi connectivity index (χ0n) is 18.9. The number of carbonyl (C=O) groups excluding carboxylic acids is 2. The van der Waals surface area contributed by atoms with Crippen LogP contribution in [0.25, 0.3) is 10.8 Å². The smallest absolute Gasteiger partial charge is 0.417 e. The van der Waals surface area contributed by atoms with E-state index in [4.69, 9.17) is 21.1 Å². The van der Waals surface area contributed by atoms with Crippen LogP contribution in [-0.4, -0.2) is 33.4 Å². The van der Waals surface area contributed by atoms with Gasteiger partial charge in [-0.2, -0.15) is 13.2 Å². The molecule has 4 rings (SSSR count). The number of fused-ring (bicyclic) bond motifs is 1. The minimum atomic E-state index is -4.60. The summed E-state index contributed by atoms with van der Waals surface area (Å²) in [6, 6.07) is 12.5. The molecule has 0 saturated carbocycles. The lowest BCUT2D eigenvalue weighted by Crippen LogP contribution is -2.11. The molecule has 0 aliphatic heterocycles. The zero-order valence-corrected chi connectivity index (χ0v) is 19.6. The first-order valence-corrected chi connectivity index (χ1v) is 11.2. The van der Waals surface area contributed by atoms with E-state index in [1.54, 1.807) is 31.2 Å². The number of Topliss-reactive ketones (excluding diaryl/α,β-unsaturated/α-hetero) is 1. The Bertz CT molecular complexity index is 1420. The summed E-state index contributed by atoms with van der Waals surface area (Å²) >= 11 is 5.84. The fourth-order valence-corrected chi connectivity index (χ4v) is 3.73. The van der Waals surface area contributed by atoms with Crippen LogP contribution in [0.4, 0.5) is 13.2 Å². The van der Waals surface area contributed by atoms with Crippen LogP contribution < -0.4 is 4.74 Å². The maximum Gasteiger partial charge on any atom is 0.417 e. The molecule has 0 amide bonds. The number of nitrogens with zero attached hydrogens (tertiary/aromatic N) is 3. The first-order valence-electron chi connectivity index (χ1n) is 10.8. The van der Waals surface area contributed by atoms with Crippen molar-refractivity contribution in [1.29, 1.82) is 0 Å². The molecule has 3 aromatic carbocycles. The lowest BCUT2D eigenvalue weighted by molar-refractivity contribution is -0.136. The molecule has 0 bridgehead atoms. The fraction of sp³-hybridized carbons (Fsp3) is 0.200. The number of aromatic nitrogens is 3. The first-order chi connectivity index (χ1) is 17.2. The molecule has 36 heavy (non-hydrogen) atoms. The highest BCUT2D eigenvalue weighted by Crippen LogP contribution is 2.39. The van der Waals surface area contributed by atoms with E-state index in [1.165, 1.54) is 35.1 Å². The number of ketones is 1. The Kier molecular flexibility index (Phi) is 7.25. The quantitative estimate of drug-likeness (QED) is 0.219. The Balaban J connectivity index is 1.60. The van der Waals surface area contributed by atoms with Crippen LogP contribution >= 0.6 is 11.6 Å². The van der Waals surface area contributed by atoms with Gasteiger partial charge in [0.2, 0.25) is 0 Å². The Morgan fingerprint density at radius 3 is 2.47 bits per heavy atom. The maximum absolute atomic E-state index is 13.5. The SMILES string of the molecule is CCOC(=O)c1ccc2c(C(F)(F)F)cccc2c1OCc1cn(CC(=O)c2ccc(Cl)cc2)nn1. The van der Waals surface area contributed by atoms with Crippen molar-refractivity contribution in [2.45, 2.75) is 26.3 Å². The monoisotopic (exact) mass is 517 g/mol. The second-order valence-corrected chi connectivity index (χ2v) is 8.12. The van der Waals surface area contributed by atoms with Crippen molar-refractivity contribution in [3.8, 4) is 5.75 Å². The Morgan fingerprint density at radius 1 is 1.03 bits per heavy atom. The van der Waals surface area contributed by atoms with Gasteiger partial charge < -0.3 is 9.47 Å². The summed E-state index contributed by atoms with van der Waals surface area (Å²) in [4.78, 5) is 24.9. The molecule has 1 heterocycles. The number of halogens is 4. The van der Waals surface area contributed by atoms with Gasteiger partial charge in [0, 0.05) is 16.0 Å². The van der Waals surface area contributed by atoms with Crippen LogP contribution in [0.1, 0.15) is 38.9 Å². The van der Waals surface area contributed by atoms with Gasteiger partial charge >= 0.3 is 12.1 Å². The molecule has 186 valence electrons. The van der Waals surface area contributed by atoms with Gasteiger partial charge in [-0.15, -0.1) is 5.10 Å². The summed E-state index contributed by atoms with van der Waals surface area (Å²) in [5, 5.41) is 8.35. The third-order valence-electron chi connectivity index (χ3n) is 5.24. The molecule has 0 aliphatic rings. The van der Waals surface area contributed by atoms with E-state index in [2.05, 4.69) is 10.3 Å². The van der Waals surface area contributed by atoms with Crippen LogP contribution in [0.5, 0.6) is 5.75 Å². The lowest BCUT2D eigenvalue weighted by Gasteiger charge is -2.16. The number of hydrogen-bond acceptors (Lipinski definition) is 6. The van der Waals surface area contributed by atoms with Crippen LogP contribution in [0.15, 0.2) is 60.8 Å². The average Bonchev–Trinajstić information content (AvgIpc) is 3.29. The molecule has 0 radical (unpaired) electrons. The Morgan fingerprint density at radius 2 is 1.78 bits per heavy atom. The normalized spacial score (nSPS) is 11.5. The molecule has 4 aromatic rings. The van der Waals surface area contributed by atoms with E-state index < -0.39 is 17.7 Å². The van der Waals surface area contributed by atoms with Gasteiger partial charge in [-0.05, 0) is 48.7 Å². The fourth-order valence-electron chi connectivity index (χ4n) is 3.60. The van der Waals surface area contributed by atoms with Crippen molar-refractivity contribution < 1.29 is 32.2 Å². The molecule has 1 aromatic heterocycles. The van der Waals surface area contributed by atoms with E-state index >= 15 is 0 Å². The molecule has 0 spiro atoms. The van der Waals surface area contributed by atoms with Crippen molar-refractivity contribution in [2.75, 3.05) is 6.61 Å². The molecule has 0 atom stereocenters. The second kappa shape index (κ2) is 10.4. The molecule has 0 aliphatic carbocycles. The number of rotatable bonds is 8. The van der Waals surface area contributed by atoms with Crippen LogP contribution in [0.3, 0.4) is 0 Å². The van der Waals surface area contributed by atoms with Crippen molar-refractivity contribution in [2.24, 2.45) is 0 Å². The van der Waals surface area contributed by atoms with Gasteiger partial charge in [-0.3, -0.25) is 4.79 Å². The number of alkyl halides is 3. The Labute approximate surface area is 208 Å². The predicted molar refractivity (Wildman–Crippen MR) is 125 cm³/mol. The van der Waals surface area contributed by atoms with Crippen molar-refractivity contribution in [1.82, 2.24) is 15.0 Å². The highest BCUT2D eigenvalue weighted by atomic mass is 35.5. The maximum atomic E-state index is 13.5. The van der Waals surface area contributed by atoms with Crippen LogP contribution in [-0.2, 0) is 24.1 Å². The minimum absolute atomic E-state index is 0.0195. The number of benzene rings is 3. The lowest BCUT2D eigenvalue weighted by atomic mass is 10.0. The van der Waals surface area contributed by atoms with Crippen LogP contribution in [0, 0.1) is 0 Å². The summed E-state index contributed by atoms with van der Waals surface area (Å²) < 4.78 is 52.8. The number of ether oxygens (including phenoxy) is 2. The predicted octanol–water partition coefficient (Wildman–Crippen LogP) is 5.74. The summed E-state index contributed by atoms with van der Waals surface area (Å²) in [7, 11) is 0. The summed E-state index contributed by atoms with van der Waals surface area (Å²) in [6.07, 6.45) is -3.12. The van der Waals surface area contributed by atoms with E-state index in [0.29, 0.717) is 16.3 Å². The van der Waals surface area contributed by atoms with E-state index in [0.717, 1.165) is 6.07 Å². The molecule has 0 unspecified atom stereocenters. The largest absolute Gasteiger partial charge is 0.486 e. The third kappa shape index (κ3) is 5.49. The van der Waals surface area contributed by atoms with Crippen LogP contribution in [0.2, 0.25) is 5.02 Å². The second-order valence-electron chi connectivity index (χ2n) is 7.69. The highest BCUT2D eigenvalue weighted by Gasteiger charge is 2.33. The van der Waals surface area contributed by atoms with Gasteiger partial charge in [0.1, 0.15) is 30.2 Å². The zero-order chi connectivity index (χ0) is 25.9. The number of esters is 1. The molecule has 7 nitrogen and oxygen atoms in total. The average molecular weight is 518 g/mol. The van der Waals surface area contributed by atoms with Gasteiger partial charge in [0.15, 0.2) is 5.78 Å². The summed E-state index contributed by atoms with van der Waals surface area (Å²) in [5.74, 6) is -1.02. The standard InChI is InChI=1S/C25H19ClF3N3O4/c1-2-35-24(34)20-11-10-18-19(4-3-5-21(18)25(27,28)29)23(20)36-14-17-12-32(31-30-17)13-22(33)15-6-8-16(26)9-7-15/h3-12H,2,13-14H2,1H3. The molecular weight excluding hydrogens is 499 g/mol. The summed E-state index contributed by atoms with van der Waals surface area (Å²) in [6.45, 7) is 1.39. The summed E-state index contributed by atoms with van der Waals surface area (Å²) in [5.41, 5.74) is -0.124. The number of hydrogen-bond donors (Lipinski definition) is 0. The third-order valence-corrected chi connectivity index (χ3v) is 5.49. The van der Waals surface area contributed by atoms with E-state index in [-0.39, 0.29) is 47.6 Å². The topological polar surface area (TPSA) is 83.3 Å². The molecular formula is C25H19ClF3N3O4. The molecule has 0 N–H and O–H groups in total. The highest BCUT2D eigenvalue weighted by molar-refractivity contribution is 6.30. The Hall–Kier alpha value is -3.92. The molecule has 11 heteroatoms. The van der Waals surface area contributed by atoms with Gasteiger partial charge in [0.05, 0.1) is 18.4 Å². The van der Waals surface area contributed by atoms with Gasteiger partial charge in [-0.1, -0.05) is 35.0 Å². The number of carbonyl (C=O) groups is 2. The van der Waals surface area contributed by atoms with E-state index in [1.807, 2.05) is 0 Å². The van der Waals surface area contributed by atoms with Gasteiger partial charge in [-0.25, -0.2) is 9.48 Å². The van der Waals surface area contributed by atoms with Crippen molar-refractivity contribution in [3.05, 3.63) is 88.2 Å². The van der Waals surface area contributed by atoms with E-state index in [9.17, 15) is 22.8 Å².